The first-order valence-electron chi connectivity index (χ1n) is 6.21. The molecule has 100 valence electrons. The molecular weight excluding hydrogens is 244 g/mol. The van der Waals surface area contributed by atoms with E-state index in [1.807, 2.05) is 32.0 Å². The molecule has 4 heteroatoms. The van der Waals surface area contributed by atoms with Crippen molar-refractivity contribution in [2.24, 2.45) is 5.92 Å². The van der Waals surface area contributed by atoms with Gasteiger partial charge in [0.1, 0.15) is 0 Å². The van der Waals surface area contributed by atoms with Gasteiger partial charge in [-0.25, -0.2) is 0 Å². The van der Waals surface area contributed by atoms with E-state index < -0.39 is 0 Å². The van der Waals surface area contributed by atoms with Gasteiger partial charge in [0.2, 0.25) is 5.91 Å². The molecule has 1 rings (SSSR count). The highest BCUT2D eigenvalue weighted by atomic mass is 32.2. The van der Waals surface area contributed by atoms with Crippen molar-refractivity contribution in [2.75, 3.05) is 12.3 Å². The Labute approximate surface area is 114 Å². The molecular formula is C14H22N2OS. The number of thioether (sulfide) groups is 1. The van der Waals surface area contributed by atoms with Gasteiger partial charge in [0.15, 0.2) is 0 Å². The smallest absolute Gasteiger partial charge is 0.233 e. The molecule has 18 heavy (non-hydrogen) atoms. The summed E-state index contributed by atoms with van der Waals surface area (Å²) in [7, 11) is 0. The van der Waals surface area contributed by atoms with Crippen molar-refractivity contribution in [2.45, 2.75) is 37.8 Å². The Kier molecular flexibility index (Phi) is 5.54. The zero-order valence-corrected chi connectivity index (χ0v) is 12.3. The third-order valence-electron chi connectivity index (χ3n) is 2.64. The highest BCUT2D eigenvalue weighted by Gasteiger charge is 2.15. The molecule has 3 N–H and O–H groups in total. The number of anilines is 1. The fraction of sp³-hybridized carbons (Fsp3) is 0.500. The lowest BCUT2D eigenvalue weighted by Gasteiger charge is -2.15. The first kappa shape index (κ1) is 14.9. The van der Waals surface area contributed by atoms with Gasteiger partial charge in [-0.05, 0) is 31.4 Å². The molecule has 1 aromatic carbocycles. The van der Waals surface area contributed by atoms with Crippen LogP contribution in [0.3, 0.4) is 0 Å². The number of nitrogens with two attached hydrogens (primary N) is 1. The average Bonchev–Trinajstić information content (AvgIpc) is 2.31. The summed E-state index contributed by atoms with van der Waals surface area (Å²) >= 11 is 1.51. The van der Waals surface area contributed by atoms with Crippen LogP contribution in [0.15, 0.2) is 23.1 Å². The Balaban J connectivity index is 2.61. The number of benzene rings is 1. The van der Waals surface area contributed by atoms with Gasteiger partial charge in [0.05, 0.1) is 5.25 Å². The molecule has 3 nitrogen and oxygen atoms in total. The van der Waals surface area contributed by atoms with Crippen molar-refractivity contribution < 1.29 is 4.79 Å². The van der Waals surface area contributed by atoms with Gasteiger partial charge in [0, 0.05) is 17.1 Å². The van der Waals surface area contributed by atoms with E-state index in [4.69, 9.17) is 5.73 Å². The molecule has 0 bridgehead atoms. The molecule has 1 unspecified atom stereocenters. The third-order valence-corrected chi connectivity index (χ3v) is 3.82. The van der Waals surface area contributed by atoms with Crippen molar-refractivity contribution in [3.8, 4) is 0 Å². The minimum absolute atomic E-state index is 0.0645. The second-order valence-corrected chi connectivity index (χ2v) is 6.27. The van der Waals surface area contributed by atoms with Crippen LogP contribution in [0.2, 0.25) is 0 Å². The summed E-state index contributed by atoms with van der Waals surface area (Å²) in [6.45, 7) is 8.76. The van der Waals surface area contributed by atoms with Gasteiger partial charge < -0.3 is 11.1 Å². The lowest BCUT2D eigenvalue weighted by molar-refractivity contribution is -0.120. The van der Waals surface area contributed by atoms with E-state index >= 15 is 0 Å². The Bertz CT molecular complexity index is 418. The van der Waals surface area contributed by atoms with E-state index in [0.717, 1.165) is 16.1 Å². The van der Waals surface area contributed by atoms with E-state index in [9.17, 15) is 4.79 Å². The number of carbonyl (C=O) groups excluding carboxylic acids is 1. The molecule has 0 saturated carbocycles. The van der Waals surface area contributed by atoms with Crippen LogP contribution in [0, 0.1) is 12.8 Å². The van der Waals surface area contributed by atoms with Crippen LogP contribution in [-0.2, 0) is 4.79 Å². The number of nitrogens with one attached hydrogen (secondary N) is 1. The summed E-state index contributed by atoms with van der Waals surface area (Å²) in [6, 6.07) is 5.90. The lowest BCUT2D eigenvalue weighted by atomic mass is 10.2. The molecule has 0 fully saturated rings. The number of aryl methyl sites for hydroxylation is 1. The van der Waals surface area contributed by atoms with Gasteiger partial charge in [-0.1, -0.05) is 26.0 Å². The largest absolute Gasteiger partial charge is 0.398 e. The normalized spacial score (nSPS) is 12.5. The molecule has 0 saturated heterocycles. The SMILES string of the molecule is Cc1cccc(SC(C)C(=O)NCC(C)C)c1N. The van der Waals surface area contributed by atoms with Crippen molar-refractivity contribution in [3.05, 3.63) is 23.8 Å². The van der Waals surface area contributed by atoms with Gasteiger partial charge in [-0.3, -0.25) is 4.79 Å². The van der Waals surface area contributed by atoms with Crippen LogP contribution in [0.25, 0.3) is 0 Å². The first-order valence-corrected chi connectivity index (χ1v) is 7.09. The predicted octanol–water partition coefficient (Wildman–Crippen LogP) is 2.83. The van der Waals surface area contributed by atoms with Crippen LogP contribution < -0.4 is 11.1 Å². The summed E-state index contributed by atoms with van der Waals surface area (Å²) in [4.78, 5) is 12.8. The van der Waals surface area contributed by atoms with Crippen LogP contribution >= 0.6 is 11.8 Å². The number of amides is 1. The summed E-state index contributed by atoms with van der Waals surface area (Å²) in [5.74, 6) is 0.532. The molecule has 1 amide bonds. The van der Waals surface area contributed by atoms with E-state index in [1.54, 1.807) is 0 Å². The van der Waals surface area contributed by atoms with Crippen molar-refractivity contribution in [1.82, 2.24) is 5.32 Å². The number of hydrogen-bond acceptors (Lipinski definition) is 3. The van der Waals surface area contributed by atoms with E-state index in [1.165, 1.54) is 11.8 Å². The fourth-order valence-electron chi connectivity index (χ4n) is 1.45. The maximum absolute atomic E-state index is 11.9. The van der Waals surface area contributed by atoms with Crippen LogP contribution in [0.1, 0.15) is 26.3 Å². The standard InChI is InChI=1S/C14H22N2OS/c1-9(2)8-16-14(17)11(4)18-12-7-5-6-10(3)13(12)15/h5-7,9,11H,8,15H2,1-4H3,(H,16,17). The molecule has 0 heterocycles. The maximum Gasteiger partial charge on any atom is 0.233 e. The molecule has 1 atom stereocenters. The van der Waals surface area contributed by atoms with E-state index in [-0.39, 0.29) is 11.2 Å². The van der Waals surface area contributed by atoms with Crippen molar-refractivity contribution >= 4 is 23.4 Å². The zero-order chi connectivity index (χ0) is 13.7. The first-order chi connectivity index (χ1) is 8.41. The van der Waals surface area contributed by atoms with Crippen LogP contribution in [-0.4, -0.2) is 17.7 Å². The quantitative estimate of drug-likeness (QED) is 0.636. The highest BCUT2D eigenvalue weighted by molar-refractivity contribution is 8.00. The van der Waals surface area contributed by atoms with Crippen LogP contribution in [0.5, 0.6) is 0 Å². The third kappa shape index (κ3) is 4.26. The minimum Gasteiger partial charge on any atom is -0.398 e. The molecule has 0 aromatic heterocycles. The Morgan fingerprint density at radius 2 is 2.06 bits per heavy atom. The van der Waals surface area contributed by atoms with E-state index in [0.29, 0.717) is 12.5 Å². The minimum atomic E-state index is -0.132. The topological polar surface area (TPSA) is 55.1 Å². The molecule has 0 aliphatic carbocycles. The Hall–Kier alpha value is -1.16. The van der Waals surface area contributed by atoms with Gasteiger partial charge >= 0.3 is 0 Å². The average molecular weight is 266 g/mol. The van der Waals surface area contributed by atoms with Gasteiger partial charge in [-0.15, -0.1) is 11.8 Å². The lowest BCUT2D eigenvalue weighted by Crippen LogP contribution is -2.33. The molecule has 0 aliphatic heterocycles. The van der Waals surface area contributed by atoms with E-state index in [2.05, 4.69) is 19.2 Å². The number of rotatable bonds is 5. The summed E-state index contributed by atoms with van der Waals surface area (Å²) in [5.41, 5.74) is 7.82. The second-order valence-electron chi connectivity index (χ2n) is 4.89. The molecule has 0 spiro atoms. The maximum atomic E-state index is 11.9. The van der Waals surface area contributed by atoms with Gasteiger partial charge in [0.25, 0.3) is 0 Å². The highest BCUT2D eigenvalue weighted by Crippen LogP contribution is 2.30. The number of hydrogen-bond donors (Lipinski definition) is 2. The molecule has 1 aromatic rings. The monoisotopic (exact) mass is 266 g/mol. The molecule has 0 radical (unpaired) electrons. The summed E-state index contributed by atoms with van der Waals surface area (Å²) < 4.78 is 0. The van der Waals surface area contributed by atoms with Crippen LogP contribution in [0.4, 0.5) is 5.69 Å². The van der Waals surface area contributed by atoms with Gasteiger partial charge in [-0.2, -0.15) is 0 Å². The molecule has 0 aliphatic rings. The number of carbonyl (C=O) groups is 1. The zero-order valence-electron chi connectivity index (χ0n) is 11.5. The second kappa shape index (κ2) is 6.69. The van der Waals surface area contributed by atoms with Crippen molar-refractivity contribution in [3.63, 3.8) is 0 Å². The number of nitrogen functional groups attached to an aromatic ring is 1. The van der Waals surface area contributed by atoms with Crippen molar-refractivity contribution in [1.29, 1.82) is 0 Å². The Morgan fingerprint density at radius 1 is 1.39 bits per heavy atom. The number of para-hydroxylation sites is 1. The summed E-state index contributed by atoms with van der Waals surface area (Å²) in [6.07, 6.45) is 0. The Morgan fingerprint density at radius 3 is 2.67 bits per heavy atom. The fourth-order valence-corrected chi connectivity index (χ4v) is 2.47. The summed E-state index contributed by atoms with van der Waals surface area (Å²) in [5, 5.41) is 2.80. The predicted molar refractivity (Wildman–Crippen MR) is 78.8 cm³/mol.